The van der Waals surface area contributed by atoms with Gasteiger partial charge in [-0.2, -0.15) is 0 Å². The number of aliphatic hydroxyl groups excluding tert-OH is 2. The van der Waals surface area contributed by atoms with Crippen molar-refractivity contribution in [2.75, 3.05) is 6.61 Å². The molecule has 2 rings (SSSR count). The second-order valence-electron chi connectivity index (χ2n) is 6.29. The van der Waals surface area contributed by atoms with Crippen LogP contribution in [0.25, 0.3) is 0 Å². The molecule has 0 aromatic rings. The normalized spacial score (nSPS) is 36.1. The third kappa shape index (κ3) is 2.69. The Kier molecular flexibility index (Phi) is 4.28. The van der Waals surface area contributed by atoms with E-state index in [0.29, 0.717) is 11.8 Å². The van der Waals surface area contributed by atoms with Gasteiger partial charge in [0.2, 0.25) is 5.91 Å². The maximum Gasteiger partial charge on any atom is 0.222 e. The van der Waals surface area contributed by atoms with Crippen molar-refractivity contribution in [2.24, 2.45) is 23.7 Å². The number of carbonyl (C=O) groups excluding carboxylic acids is 1. The largest absolute Gasteiger partial charge is 0.396 e. The Bertz CT molecular complexity index is 305. The van der Waals surface area contributed by atoms with Crippen LogP contribution >= 0.6 is 0 Å². The van der Waals surface area contributed by atoms with Crippen molar-refractivity contribution in [1.29, 1.82) is 0 Å². The third-order valence-corrected chi connectivity index (χ3v) is 4.79. The average Bonchev–Trinajstić information content (AvgIpc) is 2.88. The predicted octanol–water partition coefficient (Wildman–Crippen LogP) is 0.917. The minimum absolute atomic E-state index is 0.0767. The Labute approximate surface area is 109 Å². The first kappa shape index (κ1) is 13.8. The second kappa shape index (κ2) is 5.57. The van der Waals surface area contributed by atoms with Gasteiger partial charge in [-0.1, -0.05) is 13.8 Å². The number of carbonyl (C=O) groups is 1. The molecule has 104 valence electrons. The SMILES string of the molecule is CC(C)C(O)CC(=O)NC1C2CCC(C2)C1CO. The van der Waals surface area contributed by atoms with E-state index in [2.05, 4.69) is 5.32 Å². The summed E-state index contributed by atoms with van der Waals surface area (Å²) in [5, 5.41) is 22.2. The number of rotatable bonds is 5. The van der Waals surface area contributed by atoms with Crippen LogP contribution in [0, 0.1) is 23.7 Å². The predicted molar refractivity (Wildman–Crippen MR) is 68.8 cm³/mol. The van der Waals surface area contributed by atoms with Crippen LogP contribution < -0.4 is 5.32 Å². The number of aliphatic hydroxyl groups is 2. The van der Waals surface area contributed by atoms with Gasteiger partial charge in [0.25, 0.3) is 0 Å². The van der Waals surface area contributed by atoms with Crippen molar-refractivity contribution < 1.29 is 15.0 Å². The summed E-state index contributed by atoms with van der Waals surface area (Å²) in [5.74, 6) is 1.37. The highest BCUT2D eigenvalue weighted by atomic mass is 16.3. The molecule has 2 bridgehead atoms. The molecule has 2 fully saturated rings. The number of hydrogen-bond acceptors (Lipinski definition) is 3. The van der Waals surface area contributed by atoms with E-state index >= 15 is 0 Å². The fraction of sp³-hybridized carbons (Fsp3) is 0.929. The lowest BCUT2D eigenvalue weighted by Gasteiger charge is -2.30. The molecular formula is C14H25NO3. The van der Waals surface area contributed by atoms with Gasteiger partial charge in [0.05, 0.1) is 12.5 Å². The van der Waals surface area contributed by atoms with E-state index in [1.54, 1.807) is 0 Å². The lowest BCUT2D eigenvalue weighted by atomic mass is 9.85. The fourth-order valence-corrected chi connectivity index (χ4v) is 3.57. The number of amides is 1. The zero-order valence-electron chi connectivity index (χ0n) is 11.3. The monoisotopic (exact) mass is 255 g/mol. The molecule has 18 heavy (non-hydrogen) atoms. The first-order valence-electron chi connectivity index (χ1n) is 7.11. The Morgan fingerprint density at radius 3 is 2.61 bits per heavy atom. The topological polar surface area (TPSA) is 69.6 Å². The number of nitrogens with one attached hydrogen (secondary N) is 1. The fourth-order valence-electron chi connectivity index (χ4n) is 3.57. The molecule has 5 unspecified atom stereocenters. The first-order chi connectivity index (χ1) is 8.52. The maximum atomic E-state index is 11.9. The van der Waals surface area contributed by atoms with Gasteiger partial charge in [0, 0.05) is 18.6 Å². The van der Waals surface area contributed by atoms with Crippen molar-refractivity contribution in [3.8, 4) is 0 Å². The molecule has 2 saturated carbocycles. The third-order valence-electron chi connectivity index (χ3n) is 4.79. The molecular weight excluding hydrogens is 230 g/mol. The molecule has 0 saturated heterocycles. The zero-order valence-corrected chi connectivity index (χ0v) is 11.3. The molecule has 0 radical (unpaired) electrons. The number of fused-ring (bicyclic) bond motifs is 2. The molecule has 2 aliphatic rings. The van der Waals surface area contributed by atoms with Crippen LogP contribution in [0.15, 0.2) is 0 Å². The molecule has 0 heterocycles. The van der Waals surface area contributed by atoms with Crippen molar-refractivity contribution in [2.45, 2.75) is 51.7 Å². The Morgan fingerprint density at radius 1 is 1.33 bits per heavy atom. The van der Waals surface area contributed by atoms with Crippen LogP contribution in [0.3, 0.4) is 0 Å². The summed E-state index contributed by atoms with van der Waals surface area (Å²) in [4.78, 5) is 11.9. The highest BCUT2D eigenvalue weighted by Gasteiger charge is 2.47. The van der Waals surface area contributed by atoms with E-state index in [0.717, 1.165) is 6.42 Å². The van der Waals surface area contributed by atoms with Crippen LogP contribution in [0.5, 0.6) is 0 Å². The summed E-state index contributed by atoms with van der Waals surface area (Å²) in [6.45, 7) is 3.98. The Hall–Kier alpha value is -0.610. The van der Waals surface area contributed by atoms with Crippen LogP contribution in [0.4, 0.5) is 0 Å². The molecule has 3 N–H and O–H groups in total. The Morgan fingerprint density at radius 2 is 2.00 bits per heavy atom. The van der Waals surface area contributed by atoms with E-state index in [1.165, 1.54) is 12.8 Å². The summed E-state index contributed by atoms with van der Waals surface area (Å²) >= 11 is 0. The lowest BCUT2D eigenvalue weighted by molar-refractivity contribution is -0.125. The molecule has 4 heteroatoms. The van der Waals surface area contributed by atoms with Gasteiger partial charge in [-0.3, -0.25) is 4.79 Å². The molecule has 1 amide bonds. The molecule has 4 nitrogen and oxygen atoms in total. The standard InChI is InChI=1S/C14H25NO3/c1-8(2)12(17)6-13(18)15-14-10-4-3-9(5-10)11(14)7-16/h8-12,14,16-17H,3-7H2,1-2H3,(H,15,18). The van der Waals surface area contributed by atoms with Crippen molar-refractivity contribution >= 4 is 5.91 Å². The van der Waals surface area contributed by atoms with Crippen molar-refractivity contribution in [3.05, 3.63) is 0 Å². The number of hydrogen-bond donors (Lipinski definition) is 3. The summed E-state index contributed by atoms with van der Waals surface area (Å²) < 4.78 is 0. The van der Waals surface area contributed by atoms with Crippen molar-refractivity contribution in [3.63, 3.8) is 0 Å². The molecule has 5 atom stereocenters. The van der Waals surface area contributed by atoms with Gasteiger partial charge in [-0.05, 0) is 37.0 Å². The van der Waals surface area contributed by atoms with E-state index in [1.807, 2.05) is 13.8 Å². The van der Waals surface area contributed by atoms with Crippen molar-refractivity contribution in [1.82, 2.24) is 5.32 Å². The zero-order chi connectivity index (χ0) is 13.3. The van der Waals surface area contributed by atoms with Crippen LogP contribution in [-0.2, 0) is 4.79 Å². The minimum Gasteiger partial charge on any atom is -0.396 e. The smallest absolute Gasteiger partial charge is 0.222 e. The van der Waals surface area contributed by atoms with Gasteiger partial charge in [0.1, 0.15) is 0 Å². The summed E-state index contributed by atoms with van der Waals surface area (Å²) in [7, 11) is 0. The van der Waals surface area contributed by atoms with Gasteiger partial charge >= 0.3 is 0 Å². The molecule has 0 aromatic heterocycles. The first-order valence-corrected chi connectivity index (χ1v) is 7.11. The summed E-state index contributed by atoms with van der Waals surface area (Å²) in [6, 6.07) is 0.126. The van der Waals surface area contributed by atoms with Gasteiger partial charge in [-0.25, -0.2) is 0 Å². The van der Waals surface area contributed by atoms with Crippen LogP contribution in [0.1, 0.15) is 39.5 Å². The lowest BCUT2D eigenvalue weighted by Crippen LogP contribution is -2.46. The van der Waals surface area contributed by atoms with E-state index in [9.17, 15) is 15.0 Å². The average molecular weight is 255 g/mol. The maximum absolute atomic E-state index is 11.9. The summed E-state index contributed by atoms with van der Waals surface area (Å²) in [6.07, 6.45) is 3.10. The van der Waals surface area contributed by atoms with Crippen LogP contribution in [0.2, 0.25) is 0 Å². The van der Waals surface area contributed by atoms with E-state index in [-0.39, 0.29) is 36.8 Å². The molecule has 0 aromatic carbocycles. The van der Waals surface area contributed by atoms with Gasteiger partial charge in [0.15, 0.2) is 0 Å². The Balaban J connectivity index is 1.87. The van der Waals surface area contributed by atoms with Gasteiger partial charge in [-0.15, -0.1) is 0 Å². The second-order valence-corrected chi connectivity index (χ2v) is 6.29. The van der Waals surface area contributed by atoms with E-state index < -0.39 is 6.10 Å². The molecule has 2 aliphatic carbocycles. The highest BCUT2D eigenvalue weighted by molar-refractivity contribution is 5.76. The van der Waals surface area contributed by atoms with Crippen LogP contribution in [-0.4, -0.2) is 34.9 Å². The molecule has 0 spiro atoms. The molecule has 0 aliphatic heterocycles. The van der Waals surface area contributed by atoms with Gasteiger partial charge < -0.3 is 15.5 Å². The highest BCUT2D eigenvalue weighted by Crippen LogP contribution is 2.48. The van der Waals surface area contributed by atoms with E-state index in [4.69, 9.17) is 0 Å². The quantitative estimate of drug-likeness (QED) is 0.684. The summed E-state index contributed by atoms with van der Waals surface area (Å²) in [5.41, 5.74) is 0. The minimum atomic E-state index is -0.573.